The number of thiophene rings is 1. The van der Waals surface area contributed by atoms with E-state index in [0.717, 1.165) is 13.2 Å². The highest BCUT2D eigenvalue weighted by atomic mass is 32.1. The maximum absolute atomic E-state index is 13.7. The van der Waals surface area contributed by atoms with Crippen LogP contribution in [0.1, 0.15) is 33.6 Å². The summed E-state index contributed by atoms with van der Waals surface area (Å²) >= 11 is 1.40. The molecule has 0 aliphatic rings. The lowest BCUT2D eigenvalue weighted by Gasteiger charge is -2.09. The Morgan fingerprint density at radius 2 is 1.96 bits per heavy atom. The number of hydrogen-bond donors (Lipinski definition) is 2. The first kappa shape index (κ1) is 19.5. The van der Waals surface area contributed by atoms with E-state index in [4.69, 9.17) is 0 Å². The predicted octanol–water partition coefficient (Wildman–Crippen LogP) is 2.96. The van der Waals surface area contributed by atoms with Crippen LogP contribution in [0.4, 0.5) is 14.5 Å². The third kappa shape index (κ3) is 5.09. The summed E-state index contributed by atoms with van der Waals surface area (Å²) in [4.78, 5) is 35.0. The number of methoxy groups -OCH3 is 1. The van der Waals surface area contributed by atoms with E-state index in [1.807, 2.05) is 0 Å². The molecule has 0 aliphatic carbocycles. The van der Waals surface area contributed by atoms with Crippen LogP contribution in [0.3, 0.4) is 0 Å². The molecule has 0 saturated heterocycles. The molecule has 138 valence electrons. The average Bonchev–Trinajstić information content (AvgIpc) is 3.15. The van der Waals surface area contributed by atoms with Gasteiger partial charge in [0.2, 0.25) is 5.91 Å². The minimum atomic E-state index is -1.08. The molecule has 2 aromatic rings. The Morgan fingerprint density at radius 1 is 1.19 bits per heavy atom. The summed E-state index contributed by atoms with van der Waals surface area (Å²) in [5.41, 5.74) is -0.255. The van der Waals surface area contributed by atoms with Gasteiger partial charge in [0.15, 0.2) is 0 Å². The summed E-state index contributed by atoms with van der Waals surface area (Å²) in [5, 5.41) is 8.42. The van der Waals surface area contributed by atoms with Crippen molar-refractivity contribution in [3.05, 3.63) is 51.7 Å². The van der Waals surface area contributed by atoms with Gasteiger partial charge in [0.05, 0.1) is 18.4 Å². The summed E-state index contributed by atoms with van der Waals surface area (Å²) < 4.78 is 31.7. The third-order valence-electron chi connectivity index (χ3n) is 3.39. The number of anilines is 1. The molecule has 1 aromatic heterocycles. The Labute approximate surface area is 152 Å². The molecular formula is C17H16F2N2O4S. The highest BCUT2D eigenvalue weighted by Crippen LogP contribution is 2.20. The van der Waals surface area contributed by atoms with Crippen molar-refractivity contribution in [2.75, 3.05) is 19.0 Å². The summed E-state index contributed by atoms with van der Waals surface area (Å²) in [6.45, 7) is 0.265. The molecule has 6 nitrogen and oxygen atoms in total. The monoisotopic (exact) mass is 382 g/mol. The minimum absolute atomic E-state index is 0.00823. The maximum atomic E-state index is 13.7. The van der Waals surface area contributed by atoms with Crippen molar-refractivity contribution in [3.63, 3.8) is 0 Å². The van der Waals surface area contributed by atoms with Gasteiger partial charge in [-0.05, 0) is 23.9 Å². The Morgan fingerprint density at radius 3 is 2.62 bits per heavy atom. The van der Waals surface area contributed by atoms with Crippen LogP contribution in [0, 0.1) is 11.6 Å². The molecule has 0 radical (unpaired) electrons. The normalized spacial score (nSPS) is 10.3. The van der Waals surface area contributed by atoms with Crippen molar-refractivity contribution in [3.8, 4) is 0 Å². The van der Waals surface area contributed by atoms with Crippen molar-refractivity contribution in [2.45, 2.75) is 12.8 Å². The van der Waals surface area contributed by atoms with Crippen LogP contribution in [0.15, 0.2) is 29.0 Å². The van der Waals surface area contributed by atoms with Gasteiger partial charge in [-0.2, -0.15) is 11.3 Å². The quantitative estimate of drug-likeness (QED) is 0.570. The zero-order valence-corrected chi connectivity index (χ0v) is 14.6. The molecule has 2 amide bonds. The number of ether oxygens (including phenoxy) is 1. The first-order valence-corrected chi connectivity index (χ1v) is 8.54. The Bertz CT molecular complexity index is 809. The molecule has 0 unspecified atom stereocenters. The van der Waals surface area contributed by atoms with Crippen LogP contribution < -0.4 is 10.6 Å². The SMILES string of the molecule is COC(=O)c1cc(NC(=O)CCCNC(=O)c2ccsc2)c(F)cc1F. The summed E-state index contributed by atoms with van der Waals surface area (Å²) in [5.74, 6) is -3.83. The van der Waals surface area contributed by atoms with Gasteiger partial charge < -0.3 is 15.4 Å². The lowest BCUT2D eigenvalue weighted by Crippen LogP contribution is -2.25. The van der Waals surface area contributed by atoms with Crippen LogP contribution in [0.2, 0.25) is 0 Å². The second-order valence-corrected chi connectivity index (χ2v) is 6.00. The van der Waals surface area contributed by atoms with Crippen LogP contribution in [0.5, 0.6) is 0 Å². The highest BCUT2D eigenvalue weighted by Gasteiger charge is 2.17. The maximum Gasteiger partial charge on any atom is 0.340 e. The molecule has 1 heterocycles. The van der Waals surface area contributed by atoms with Gasteiger partial charge in [-0.25, -0.2) is 13.6 Å². The minimum Gasteiger partial charge on any atom is -0.465 e. The van der Waals surface area contributed by atoms with Crippen LogP contribution in [0.25, 0.3) is 0 Å². The lowest BCUT2D eigenvalue weighted by molar-refractivity contribution is -0.116. The Hall–Kier alpha value is -2.81. The highest BCUT2D eigenvalue weighted by molar-refractivity contribution is 7.08. The molecule has 26 heavy (non-hydrogen) atoms. The van der Waals surface area contributed by atoms with E-state index < -0.39 is 29.1 Å². The molecule has 1 aromatic carbocycles. The fraction of sp³-hybridized carbons (Fsp3) is 0.235. The number of amides is 2. The molecule has 0 fully saturated rings. The number of carbonyl (C=O) groups is 3. The number of hydrogen-bond acceptors (Lipinski definition) is 5. The number of nitrogens with one attached hydrogen (secondary N) is 2. The van der Waals surface area contributed by atoms with Gasteiger partial charge in [0.25, 0.3) is 5.91 Å². The standard InChI is InChI=1S/C17H16F2N2O4S/c1-25-17(24)11-7-14(13(19)8-12(11)18)21-15(22)3-2-5-20-16(23)10-4-6-26-9-10/h4,6-9H,2-3,5H2,1H3,(H,20,23)(H,21,22). The second-order valence-electron chi connectivity index (χ2n) is 5.22. The van der Waals surface area contributed by atoms with Crippen molar-refractivity contribution in [2.24, 2.45) is 0 Å². The van der Waals surface area contributed by atoms with Crippen molar-refractivity contribution in [1.29, 1.82) is 0 Å². The molecule has 2 rings (SSSR count). The van der Waals surface area contributed by atoms with Crippen LogP contribution >= 0.6 is 11.3 Å². The van der Waals surface area contributed by atoms with E-state index in [1.54, 1.807) is 16.8 Å². The topological polar surface area (TPSA) is 84.5 Å². The first-order valence-electron chi connectivity index (χ1n) is 7.60. The van der Waals surface area contributed by atoms with E-state index in [-0.39, 0.29) is 24.6 Å². The van der Waals surface area contributed by atoms with Gasteiger partial charge in [-0.3, -0.25) is 9.59 Å². The fourth-order valence-corrected chi connectivity index (χ4v) is 2.71. The number of benzene rings is 1. The van der Waals surface area contributed by atoms with Gasteiger partial charge in [-0.15, -0.1) is 0 Å². The van der Waals surface area contributed by atoms with Crippen LogP contribution in [-0.2, 0) is 9.53 Å². The predicted molar refractivity (Wildman–Crippen MR) is 92.2 cm³/mol. The van der Waals surface area contributed by atoms with Gasteiger partial charge >= 0.3 is 5.97 Å². The zero-order valence-electron chi connectivity index (χ0n) is 13.8. The second kappa shape index (κ2) is 9.04. The van der Waals surface area contributed by atoms with E-state index in [9.17, 15) is 23.2 Å². The van der Waals surface area contributed by atoms with Gasteiger partial charge in [-0.1, -0.05) is 0 Å². The number of rotatable bonds is 7. The third-order valence-corrected chi connectivity index (χ3v) is 4.07. The van der Waals surface area contributed by atoms with Crippen molar-refractivity contribution >= 4 is 34.8 Å². The van der Waals surface area contributed by atoms with E-state index in [1.165, 1.54) is 11.3 Å². The first-order chi connectivity index (χ1) is 12.4. The Balaban J connectivity index is 1.85. The number of halogens is 2. The van der Waals surface area contributed by atoms with Crippen LogP contribution in [-0.4, -0.2) is 31.4 Å². The van der Waals surface area contributed by atoms with Crippen molar-refractivity contribution in [1.82, 2.24) is 5.32 Å². The van der Waals surface area contributed by atoms with E-state index >= 15 is 0 Å². The summed E-state index contributed by atoms with van der Waals surface area (Å²) in [6.07, 6.45) is 0.336. The molecule has 0 atom stereocenters. The molecule has 0 saturated carbocycles. The molecular weight excluding hydrogens is 366 g/mol. The fourth-order valence-electron chi connectivity index (χ4n) is 2.07. The Kier molecular flexibility index (Phi) is 6.79. The molecule has 9 heteroatoms. The number of carbonyl (C=O) groups excluding carboxylic acids is 3. The number of esters is 1. The molecule has 0 bridgehead atoms. The van der Waals surface area contributed by atoms with Gasteiger partial charge in [0, 0.05) is 30.0 Å². The van der Waals surface area contributed by atoms with E-state index in [0.29, 0.717) is 18.1 Å². The van der Waals surface area contributed by atoms with Gasteiger partial charge in [0.1, 0.15) is 11.6 Å². The molecule has 2 N–H and O–H groups in total. The summed E-state index contributed by atoms with van der Waals surface area (Å²) in [7, 11) is 1.06. The molecule has 0 aliphatic heterocycles. The average molecular weight is 382 g/mol. The molecule has 0 spiro atoms. The largest absolute Gasteiger partial charge is 0.465 e. The zero-order chi connectivity index (χ0) is 19.1. The lowest BCUT2D eigenvalue weighted by atomic mass is 10.1. The summed E-state index contributed by atoms with van der Waals surface area (Å²) in [6, 6.07) is 3.07. The van der Waals surface area contributed by atoms with Crippen molar-refractivity contribution < 1.29 is 27.9 Å². The smallest absolute Gasteiger partial charge is 0.340 e. The van der Waals surface area contributed by atoms with E-state index in [2.05, 4.69) is 15.4 Å².